The minimum Gasteiger partial charge on any atom is -0.455 e. The summed E-state index contributed by atoms with van der Waals surface area (Å²) in [5, 5.41) is 3.85. The van der Waals surface area contributed by atoms with Crippen molar-refractivity contribution in [3.05, 3.63) is 181 Å². The van der Waals surface area contributed by atoms with Crippen LogP contribution in [0.25, 0.3) is 77.5 Å². The summed E-state index contributed by atoms with van der Waals surface area (Å²) >= 11 is 0. The summed E-state index contributed by atoms with van der Waals surface area (Å²) < 4.78 is 93.4. The molecule has 2 aliphatic heterocycles. The normalized spacial score (nSPS) is 19.4. The summed E-state index contributed by atoms with van der Waals surface area (Å²) in [7, 11) is 0. The maximum atomic E-state index is 9.43. The topological polar surface area (TPSA) is 67.0 Å². The van der Waals surface area contributed by atoms with Crippen LogP contribution in [0.3, 0.4) is 0 Å². The van der Waals surface area contributed by atoms with Crippen LogP contribution in [0.4, 0.5) is 0 Å². The number of nitrogens with zero attached hydrogens (tertiary/aromatic N) is 5. The summed E-state index contributed by atoms with van der Waals surface area (Å²) in [6.45, 7) is -0.633. The van der Waals surface area contributed by atoms with E-state index in [9.17, 15) is 5.48 Å². The maximum absolute atomic E-state index is 9.43. The van der Waals surface area contributed by atoms with Crippen LogP contribution in [-0.2, 0) is 25.5 Å². The number of rotatable bonds is 4. The van der Waals surface area contributed by atoms with Gasteiger partial charge in [0.25, 0.3) is 6.71 Å². The highest BCUT2D eigenvalue weighted by Crippen LogP contribution is 2.50. The first-order chi connectivity index (χ1) is 36.2. The van der Waals surface area contributed by atoms with E-state index in [0.717, 1.165) is 43.5 Å². The first kappa shape index (κ1) is 30.3. The van der Waals surface area contributed by atoms with Crippen molar-refractivity contribution >= 4 is 67.0 Å². The molecular weight excluding hydrogens is 821 g/mol. The highest BCUT2D eigenvalue weighted by atomic mass is 16.5. The second-order valence-corrected chi connectivity index (χ2v) is 17.5. The maximum Gasteiger partial charge on any atom is 0.260 e. The predicted octanol–water partition coefficient (Wildman–Crippen LogP) is 11.9. The van der Waals surface area contributed by atoms with Crippen molar-refractivity contribution in [1.29, 1.82) is 0 Å². The fraction of sp³-hybridized carbons (Fsp3) is 0.136. The molecule has 4 aliphatic rings. The van der Waals surface area contributed by atoms with Crippen LogP contribution < -0.4 is 25.9 Å². The minimum atomic E-state index is -1.91. The molecule has 0 saturated heterocycles. The van der Waals surface area contributed by atoms with Gasteiger partial charge in [-0.2, -0.15) is 0 Å². The molecule has 2 aliphatic carbocycles. The van der Waals surface area contributed by atoms with E-state index in [-0.39, 0.29) is 36.9 Å². The number of aromatic nitrogens is 5. The van der Waals surface area contributed by atoms with Gasteiger partial charge in [-0.05, 0) is 138 Å². The molecule has 5 aromatic heterocycles. The molecule has 0 N–H and O–H groups in total. The Morgan fingerprint density at radius 1 is 0.448 bits per heavy atom. The molecule has 0 saturated carbocycles. The van der Waals surface area contributed by atoms with Gasteiger partial charge in [-0.3, -0.25) is 14.1 Å². The molecule has 15 rings (SSSR count). The van der Waals surface area contributed by atoms with Crippen molar-refractivity contribution in [2.24, 2.45) is 0 Å². The van der Waals surface area contributed by atoms with Crippen molar-refractivity contribution in [3.8, 4) is 56.6 Å². The Bertz CT molecular complexity index is 3950. The Morgan fingerprint density at radius 2 is 0.985 bits per heavy atom. The van der Waals surface area contributed by atoms with Crippen LogP contribution in [0.2, 0.25) is 0 Å². The van der Waals surface area contributed by atoms with Gasteiger partial charge < -0.3 is 9.47 Å². The molecule has 67 heavy (non-hydrogen) atoms. The first-order valence-electron chi connectivity index (χ1n) is 26.9. The zero-order chi connectivity index (χ0) is 50.9. The second kappa shape index (κ2) is 14.3. The average molecular weight is 872 g/mol. The van der Waals surface area contributed by atoms with Gasteiger partial charge in [0.2, 0.25) is 0 Å². The van der Waals surface area contributed by atoms with E-state index in [1.54, 1.807) is 36.8 Å². The fourth-order valence-electron chi connectivity index (χ4n) is 11.3. The zero-order valence-electron chi connectivity index (χ0n) is 44.0. The molecule has 8 heteroatoms. The Morgan fingerprint density at radius 3 is 1.64 bits per heavy atom. The third kappa shape index (κ3) is 5.27. The largest absolute Gasteiger partial charge is 0.455 e. The third-order valence-electron chi connectivity index (χ3n) is 14.0. The lowest BCUT2D eigenvalue weighted by Gasteiger charge is -2.37. The van der Waals surface area contributed by atoms with E-state index >= 15 is 0 Å². The zero-order valence-corrected chi connectivity index (χ0v) is 36.0. The highest BCUT2D eigenvalue weighted by Gasteiger charge is 2.45. The molecule has 11 aromatic rings. The van der Waals surface area contributed by atoms with Crippen molar-refractivity contribution in [2.45, 2.75) is 51.2 Å². The molecule has 0 fully saturated rings. The lowest BCUT2D eigenvalue weighted by Crippen LogP contribution is -2.58. The van der Waals surface area contributed by atoms with Crippen LogP contribution >= 0.6 is 0 Å². The molecule has 318 valence electrons. The number of hydrogen-bond acceptors (Lipinski definition) is 5. The van der Waals surface area contributed by atoms with Gasteiger partial charge in [0.15, 0.2) is 11.5 Å². The van der Waals surface area contributed by atoms with Gasteiger partial charge in [0.1, 0.15) is 22.8 Å². The van der Waals surface area contributed by atoms with E-state index in [1.165, 1.54) is 0 Å². The Hall–Kier alpha value is -7.97. The summed E-state index contributed by atoms with van der Waals surface area (Å²) in [4.78, 5) is 14.6. The van der Waals surface area contributed by atoms with Crippen molar-refractivity contribution in [1.82, 2.24) is 24.1 Å². The van der Waals surface area contributed by atoms with E-state index < -0.39 is 32.2 Å². The molecule has 0 bridgehead atoms. The van der Waals surface area contributed by atoms with Gasteiger partial charge in [-0.25, -0.2) is 9.97 Å². The number of benzene rings is 6. The van der Waals surface area contributed by atoms with Crippen molar-refractivity contribution in [3.63, 3.8) is 0 Å². The quantitative estimate of drug-likeness (QED) is 0.165. The standard InChI is InChI=1S/C59H42BN5O2/c1-2-16-36-35(14-1)15-9-20-37(36)42-21-10-25-46-54(42)66-56-51(64-49-28-7-4-18-40(49)44-23-12-31-62-58(44)64)34-52(65-50-29-8-5-19-41(50)45-24-13-32-63-59(45)65)57-53(56)60(46)47-26-11-22-43(55(47)67-57)38-30-33-61-48-27-6-3-17-39(38)48/h4-5,7-13,15,18-26,28-34H,1-3,6,14,16-17,27H2/i14D2,16D2,17D2,27D2. The monoisotopic (exact) mass is 871 g/mol. The highest BCUT2D eigenvalue weighted by molar-refractivity contribution is 6.98. The predicted molar refractivity (Wildman–Crippen MR) is 270 cm³/mol. The van der Waals surface area contributed by atoms with Gasteiger partial charge in [-0.15, -0.1) is 0 Å². The molecule has 0 unspecified atom stereocenters. The van der Waals surface area contributed by atoms with Gasteiger partial charge in [-0.1, -0.05) is 91.0 Å². The smallest absolute Gasteiger partial charge is 0.260 e. The summed E-state index contributed by atoms with van der Waals surface area (Å²) in [6, 6.07) is 45.3. The third-order valence-corrected chi connectivity index (χ3v) is 14.0. The minimum absolute atomic E-state index is 0.00567. The summed E-state index contributed by atoms with van der Waals surface area (Å²) in [5.41, 5.74) is 9.77. The number of para-hydroxylation sites is 4. The van der Waals surface area contributed by atoms with Gasteiger partial charge in [0, 0.05) is 73.4 Å². The van der Waals surface area contributed by atoms with Crippen LogP contribution in [0, 0.1) is 0 Å². The Labute approximate surface area is 398 Å². The molecule has 7 nitrogen and oxygen atoms in total. The van der Waals surface area contributed by atoms with Gasteiger partial charge in [0.05, 0.1) is 22.4 Å². The van der Waals surface area contributed by atoms with E-state index in [0.29, 0.717) is 84.5 Å². The number of pyridine rings is 3. The lowest BCUT2D eigenvalue weighted by molar-refractivity contribution is 0.463. The number of aryl methyl sites for hydroxylation is 2. The van der Waals surface area contributed by atoms with Gasteiger partial charge >= 0.3 is 0 Å². The molecule has 7 heterocycles. The molecule has 0 radical (unpaired) electrons. The average Bonchev–Trinajstić information content (AvgIpc) is 4.07. The van der Waals surface area contributed by atoms with Crippen LogP contribution in [-0.4, -0.2) is 30.8 Å². The molecule has 6 aromatic carbocycles. The first-order valence-corrected chi connectivity index (χ1v) is 22.9. The SMILES string of the molecule is [2H]C1([2H])CCC([2H])([2H])c2c(-c3cccc4c3Oc3c(-n5c6ccccc6c6cccnc65)cc(-n5c6ccccc6c6cccnc65)c5c3B4c3cccc(-c4ccnc6c4C([2H])([2H])CCC6([2H])[2H])c3O5)cccc21. The fourth-order valence-corrected chi connectivity index (χ4v) is 11.3. The summed E-state index contributed by atoms with van der Waals surface area (Å²) in [6.07, 6.45) is -2.26. The summed E-state index contributed by atoms with van der Waals surface area (Å²) in [5.74, 6) is 1.88. The van der Waals surface area contributed by atoms with Crippen LogP contribution in [0.15, 0.2) is 158 Å². The lowest BCUT2D eigenvalue weighted by atomic mass is 9.34. The Kier molecular flexibility index (Phi) is 6.45. The van der Waals surface area contributed by atoms with E-state index in [1.807, 2.05) is 78.9 Å². The van der Waals surface area contributed by atoms with Crippen LogP contribution in [0.5, 0.6) is 23.0 Å². The molecule has 0 amide bonds. The van der Waals surface area contributed by atoms with Crippen molar-refractivity contribution < 1.29 is 20.4 Å². The molecule has 0 atom stereocenters. The van der Waals surface area contributed by atoms with E-state index in [4.69, 9.17) is 24.9 Å². The van der Waals surface area contributed by atoms with Crippen molar-refractivity contribution in [2.75, 3.05) is 0 Å². The number of ether oxygens (including phenoxy) is 2. The molecular formula is C59H42BN5O2. The van der Waals surface area contributed by atoms with Crippen LogP contribution in [0.1, 0.15) is 59.0 Å². The number of hydrogen-bond donors (Lipinski definition) is 0. The molecule has 0 spiro atoms. The van der Waals surface area contributed by atoms with E-state index in [2.05, 4.69) is 56.6 Å². The number of fused-ring (bicyclic) bond motifs is 12. The Balaban J connectivity index is 1.11. The second-order valence-electron chi connectivity index (χ2n) is 17.5.